The molecule has 170 valence electrons. The second kappa shape index (κ2) is 9.09. The van der Waals surface area contributed by atoms with Gasteiger partial charge in [0.05, 0.1) is 25.1 Å². The van der Waals surface area contributed by atoms with Crippen LogP contribution in [-0.4, -0.2) is 49.5 Å². The predicted molar refractivity (Wildman–Crippen MR) is 130 cm³/mol. The fraction of sp³-hybridized carbons (Fsp3) is 0.280. The number of nitrogens with zero attached hydrogens (tertiary/aromatic N) is 4. The van der Waals surface area contributed by atoms with Gasteiger partial charge in [-0.05, 0) is 55.0 Å². The third kappa shape index (κ3) is 4.48. The van der Waals surface area contributed by atoms with Crippen molar-refractivity contribution in [3.63, 3.8) is 0 Å². The maximum atomic E-state index is 10.2. The predicted octanol–water partition coefficient (Wildman–Crippen LogP) is 3.85. The Morgan fingerprint density at radius 3 is 2.64 bits per heavy atom. The number of nitrogens with one attached hydrogen (secondary N) is 1. The monoisotopic (exact) mass is 445 g/mol. The summed E-state index contributed by atoms with van der Waals surface area (Å²) in [5.41, 5.74) is 6.01. The second-order valence-electron chi connectivity index (χ2n) is 8.12. The maximum absolute atomic E-state index is 10.2. The van der Waals surface area contributed by atoms with Gasteiger partial charge in [-0.15, -0.1) is 0 Å². The van der Waals surface area contributed by atoms with Crippen LogP contribution in [0.25, 0.3) is 0 Å². The maximum Gasteiger partial charge on any atom is 0.297 e. The Labute approximate surface area is 193 Å². The van der Waals surface area contributed by atoms with Gasteiger partial charge in [-0.1, -0.05) is 6.07 Å². The van der Waals surface area contributed by atoms with Crippen LogP contribution in [0.4, 0.5) is 22.7 Å². The van der Waals surface area contributed by atoms with Gasteiger partial charge in [-0.25, -0.2) is 0 Å². The molecule has 2 aromatic carbocycles. The van der Waals surface area contributed by atoms with E-state index in [1.54, 1.807) is 18.5 Å². The number of ether oxygens (including phenoxy) is 2. The second-order valence-corrected chi connectivity index (χ2v) is 8.12. The number of aromatic nitrogens is 1. The molecular weight excluding hydrogens is 418 g/mol. The van der Waals surface area contributed by atoms with E-state index < -0.39 is 6.23 Å². The molecule has 0 saturated carbocycles. The van der Waals surface area contributed by atoms with E-state index in [9.17, 15) is 5.11 Å². The van der Waals surface area contributed by atoms with Crippen LogP contribution in [0, 0.1) is 6.92 Å². The molecule has 0 aliphatic carbocycles. The van der Waals surface area contributed by atoms with Crippen LogP contribution in [0.15, 0.2) is 65.9 Å². The van der Waals surface area contributed by atoms with Crippen molar-refractivity contribution in [1.29, 1.82) is 0 Å². The zero-order valence-corrected chi connectivity index (χ0v) is 18.7. The lowest BCUT2D eigenvalue weighted by molar-refractivity contribution is 0.122. The van der Waals surface area contributed by atoms with Crippen molar-refractivity contribution in [2.45, 2.75) is 13.2 Å². The van der Waals surface area contributed by atoms with E-state index in [4.69, 9.17) is 9.47 Å². The summed E-state index contributed by atoms with van der Waals surface area (Å²) >= 11 is 0. The number of aryl methyl sites for hydroxylation is 1. The lowest BCUT2D eigenvalue weighted by Gasteiger charge is -2.31. The van der Waals surface area contributed by atoms with Crippen molar-refractivity contribution in [2.75, 3.05) is 48.5 Å². The van der Waals surface area contributed by atoms with Crippen LogP contribution in [0.2, 0.25) is 0 Å². The lowest BCUT2D eigenvalue weighted by Crippen LogP contribution is -2.36. The van der Waals surface area contributed by atoms with Crippen molar-refractivity contribution in [2.24, 2.45) is 4.99 Å². The van der Waals surface area contributed by atoms with E-state index in [1.807, 2.05) is 24.3 Å². The molecule has 5 rings (SSSR count). The highest BCUT2D eigenvalue weighted by Crippen LogP contribution is 2.32. The van der Waals surface area contributed by atoms with Crippen LogP contribution >= 0.6 is 0 Å². The number of benzene rings is 2. The molecule has 8 heteroatoms. The van der Waals surface area contributed by atoms with Crippen molar-refractivity contribution in [3.05, 3.63) is 72.1 Å². The number of aliphatic hydroxyl groups is 1. The van der Waals surface area contributed by atoms with E-state index in [-0.39, 0.29) is 6.02 Å². The van der Waals surface area contributed by atoms with Crippen molar-refractivity contribution < 1.29 is 14.6 Å². The molecule has 1 unspecified atom stereocenters. The molecule has 0 radical (unpaired) electrons. The fourth-order valence-electron chi connectivity index (χ4n) is 4.06. The van der Waals surface area contributed by atoms with Crippen molar-refractivity contribution in [1.82, 2.24) is 4.98 Å². The van der Waals surface area contributed by atoms with Crippen LogP contribution in [0.3, 0.4) is 0 Å². The minimum Gasteiger partial charge on any atom is -0.426 e. The number of rotatable bonds is 4. The van der Waals surface area contributed by atoms with Gasteiger partial charge in [0, 0.05) is 49.0 Å². The average Bonchev–Trinajstić information content (AvgIpc) is 2.85. The van der Waals surface area contributed by atoms with Gasteiger partial charge in [0.25, 0.3) is 6.02 Å². The summed E-state index contributed by atoms with van der Waals surface area (Å²) in [4.78, 5) is 12.8. The number of fused-ring (bicyclic) bond motifs is 1. The normalized spacial score (nSPS) is 17.6. The fourth-order valence-corrected chi connectivity index (χ4v) is 4.06. The molecule has 2 N–H and O–H groups in total. The quantitative estimate of drug-likeness (QED) is 0.631. The third-order valence-corrected chi connectivity index (χ3v) is 5.98. The molecule has 3 aromatic rings. The molecule has 1 fully saturated rings. The zero-order chi connectivity index (χ0) is 22.8. The molecule has 0 bridgehead atoms. The van der Waals surface area contributed by atoms with E-state index in [0.717, 1.165) is 37.7 Å². The van der Waals surface area contributed by atoms with Gasteiger partial charge in [0.15, 0.2) is 6.23 Å². The average molecular weight is 446 g/mol. The highest BCUT2D eigenvalue weighted by Gasteiger charge is 2.21. The van der Waals surface area contributed by atoms with Gasteiger partial charge in [-0.2, -0.15) is 4.99 Å². The first kappa shape index (κ1) is 21.2. The number of pyridine rings is 1. The number of aliphatic imine (C=N–C) groups is 1. The minimum absolute atomic E-state index is 0.234. The van der Waals surface area contributed by atoms with Gasteiger partial charge < -0.3 is 29.7 Å². The summed E-state index contributed by atoms with van der Waals surface area (Å²) in [6.07, 6.45) is 2.28. The van der Waals surface area contributed by atoms with Gasteiger partial charge >= 0.3 is 0 Å². The first-order valence-electron chi connectivity index (χ1n) is 11.0. The third-order valence-electron chi connectivity index (χ3n) is 5.98. The summed E-state index contributed by atoms with van der Waals surface area (Å²) in [6.45, 7) is 5.50. The van der Waals surface area contributed by atoms with Crippen LogP contribution in [-0.2, 0) is 4.74 Å². The Balaban J connectivity index is 1.30. The van der Waals surface area contributed by atoms with Gasteiger partial charge in [-0.3, -0.25) is 4.98 Å². The molecular formula is C25H27N5O3. The number of hydrogen-bond acceptors (Lipinski definition) is 8. The molecule has 0 spiro atoms. The Kier molecular flexibility index (Phi) is 5.85. The number of morpholine rings is 1. The van der Waals surface area contributed by atoms with Gasteiger partial charge in [0.2, 0.25) is 0 Å². The summed E-state index contributed by atoms with van der Waals surface area (Å²) < 4.78 is 11.4. The molecule has 2 aliphatic heterocycles. The Bertz CT molecular complexity index is 1160. The van der Waals surface area contributed by atoms with E-state index in [0.29, 0.717) is 17.0 Å². The number of hydrogen-bond donors (Lipinski definition) is 2. The molecule has 2 aliphatic rings. The first-order chi connectivity index (χ1) is 16.1. The molecule has 8 nitrogen and oxygen atoms in total. The summed E-state index contributed by atoms with van der Waals surface area (Å²) in [5, 5.41) is 13.3. The molecule has 3 heterocycles. The smallest absolute Gasteiger partial charge is 0.297 e. The first-order valence-corrected chi connectivity index (χ1v) is 11.0. The molecule has 1 saturated heterocycles. The topological polar surface area (TPSA) is 82.5 Å². The summed E-state index contributed by atoms with van der Waals surface area (Å²) in [6, 6.07) is 16.3. The highest BCUT2D eigenvalue weighted by atomic mass is 16.5. The minimum atomic E-state index is -0.980. The molecule has 0 amide bonds. The SMILES string of the molecule is Cc1ccc(N(C)c2ccc(OC3=NC(O)c4ccncc4N3)cc2)cc1N1CCOCC1. The van der Waals surface area contributed by atoms with Crippen molar-refractivity contribution >= 4 is 28.8 Å². The van der Waals surface area contributed by atoms with Crippen LogP contribution < -0.4 is 19.9 Å². The zero-order valence-electron chi connectivity index (χ0n) is 18.7. The Hall–Kier alpha value is -3.62. The van der Waals surface area contributed by atoms with E-state index in [1.165, 1.54) is 11.3 Å². The van der Waals surface area contributed by atoms with Gasteiger partial charge in [0.1, 0.15) is 5.75 Å². The molecule has 1 atom stereocenters. The summed E-state index contributed by atoms with van der Waals surface area (Å²) in [7, 11) is 2.05. The van der Waals surface area contributed by atoms with Crippen LogP contribution in [0.5, 0.6) is 5.75 Å². The molecule has 33 heavy (non-hydrogen) atoms. The standard InChI is InChI=1S/C25H27N5O3/c1-17-3-4-19(15-23(17)30-11-13-32-14-12-30)29(2)18-5-7-20(8-6-18)33-25-27-22-16-26-10-9-21(22)24(31)28-25/h3-10,15-16,24,31H,11-14H2,1-2H3,(H,27,28). The number of aliphatic hydroxyl groups excluding tert-OH is 1. The van der Waals surface area contributed by atoms with E-state index >= 15 is 0 Å². The Morgan fingerprint density at radius 2 is 1.85 bits per heavy atom. The molecule has 1 aromatic heterocycles. The number of amidine groups is 1. The summed E-state index contributed by atoms with van der Waals surface area (Å²) in [5.74, 6) is 0.621. The lowest BCUT2D eigenvalue weighted by atomic mass is 10.1. The Morgan fingerprint density at radius 1 is 1.09 bits per heavy atom. The van der Waals surface area contributed by atoms with Crippen LogP contribution in [0.1, 0.15) is 17.4 Å². The van der Waals surface area contributed by atoms with Crippen molar-refractivity contribution in [3.8, 4) is 5.75 Å². The number of anilines is 4. The van der Waals surface area contributed by atoms with E-state index in [2.05, 4.69) is 57.3 Å². The highest BCUT2D eigenvalue weighted by molar-refractivity contribution is 5.93. The largest absolute Gasteiger partial charge is 0.426 e.